The summed E-state index contributed by atoms with van der Waals surface area (Å²) in [5, 5.41) is 20.6. The molecule has 3 N–H and O–H groups in total. The van der Waals surface area contributed by atoms with Crippen LogP contribution in [-0.4, -0.2) is 55.3 Å². The number of aryl methyl sites for hydroxylation is 1. The Hall–Kier alpha value is -4.60. The van der Waals surface area contributed by atoms with Crippen LogP contribution < -0.4 is 10.1 Å². The van der Waals surface area contributed by atoms with Gasteiger partial charge in [-0.25, -0.2) is 4.98 Å². The molecule has 1 aliphatic rings. The van der Waals surface area contributed by atoms with Crippen molar-refractivity contribution >= 4 is 22.5 Å². The van der Waals surface area contributed by atoms with E-state index in [1.165, 1.54) is 0 Å². The van der Waals surface area contributed by atoms with Gasteiger partial charge in [0, 0.05) is 49.0 Å². The Kier molecular flexibility index (Phi) is 7.22. The van der Waals surface area contributed by atoms with Gasteiger partial charge in [-0.05, 0) is 67.3 Å². The van der Waals surface area contributed by atoms with E-state index < -0.39 is 0 Å². The first kappa shape index (κ1) is 25.7. The zero-order chi connectivity index (χ0) is 27.5. The number of nitrogens with zero attached hydrogens (tertiary/aromatic N) is 4. The van der Waals surface area contributed by atoms with Crippen LogP contribution in [0.1, 0.15) is 34.5 Å². The number of aliphatic hydroxyl groups is 1. The summed E-state index contributed by atoms with van der Waals surface area (Å²) in [6.45, 7) is 4.56. The van der Waals surface area contributed by atoms with Crippen LogP contribution in [0.4, 0.5) is 5.69 Å². The molecule has 0 radical (unpaired) electrons. The SMILES string of the molecule is Cc1ccc(Oc2ccc(NC(=O)c3n[nH]c4ccc(-c5cncc(CN6CCC(O)CC6)c5)cc34)cn2)cc1. The molecule has 4 heterocycles. The standard InChI is InChI=1S/C31H30N6O3/c1-20-2-6-26(7-3-20)40-29-9-5-24(18-33-29)34-31(39)30-27-15-22(4-8-28(27)35-36-30)23-14-21(16-32-17-23)19-37-12-10-25(38)11-13-37/h2-9,14-18,25,38H,10-13,19H2,1H3,(H,34,39)(H,35,36). The lowest BCUT2D eigenvalue weighted by Crippen LogP contribution is -2.35. The van der Waals surface area contributed by atoms with Crippen molar-refractivity contribution in [3.8, 4) is 22.8 Å². The number of H-pyrrole nitrogens is 1. The number of carbonyl (C=O) groups excluding carboxylic acids is 1. The minimum atomic E-state index is -0.337. The smallest absolute Gasteiger partial charge is 0.276 e. The van der Waals surface area contributed by atoms with E-state index in [-0.39, 0.29) is 12.0 Å². The molecule has 1 saturated heterocycles. The molecule has 9 heteroatoms. The van der Waals surface area contributed by atoms with E-state index in [4.69, 9.17) is 4.74 Å². The van der Waals surface area contributed by atoms with Gasteiger partial charge in [0.15, 0.2) is 5.69 Å². The van der Waals surface area contributed by atoms with Crippen LogP contribution >= 0.6 is 0 Å². The van der Waals surface area contributed by atoms with Gasteiger partial charge < -0.3 is 15.2 Å². The Labute approximate surface area is 231 Å². The molecule has 0 bridgehead atoms. The van der Waals surface area contributed by atoms with Crippen molar-refractivity contribution < 1.29 is 14.6 Å². The summed E-state index contributed by atoms with van der Waals surface area (Å²) >= 11 is 0. The van der Waals surface area contributed by atoms with E-state index >= 15 is 0 Å². The van der Waals surface area contributed by atoms with Gasteiger partial charge in [0.2, 0.25) is 5.88 Å². The highest BCUT2D eigenvalue weighted by atomic mass is 16.5. The molecule has 0 unspecified atom stereocenters. The zero-order valence-electron chi connectivity index (χ0n) is 22.2. The lowest BCUT2D eigenvalue weighted by molar-refractivity contribution is 0.0792. The molecule has 5 aromatic rings. The van der Waals surface area contributed by atoms with Gasteiger partial charge in [-0.3, -0.25) is 19.8 Å². The summed E-state index contributed by atoms with van der Waals surface area (Å²) in [5.41, 5.74) is 5.79. The monoisotopic (exact) mass is 534 g/mol. The minimum absolute atomic E-state index is 0.192. The summed E-state index contributed by atoms with van der Waals surface area (Å²) in [6, 6.07) is 19.2. The highest BCUT2D eigenvalue weighted by Crippen LogP contribution is 2.27. The van der Waals surface area contributed by atoms with E-state index in [0.29, 0.717) is 23.0 Å². The van der Waals surface area contributed by atoms with Crippen molar-refractivity contribution in [2.75, 3.05) is 18.4 Å². The Morgan fingerprint density at radius 2 is 1.85 bits per heavy atom. The average molecular weight is 535 g/mol. The predicted octanol–water partition coefficient (Wildman–Crippen LogP) is 5.33. The number of aromatic nitrogens is 4. The summed E-state index contributed by atoms with van der Waals surface area (Å²) in [7, 11) is 0. The number of amides is 1. The maximum absolute atomic E-state index is 13.2. The summed E-state index contributed by atoms with van der Waals surface area (Å²) in [4.78, 5) is 24.3. The number of aromatic amines is 1. The van der Waals surface area contributed by atoms with Crippen LogP contribution in [0.2, 0.25) is 0 Å². The van der Waals surface area contributed by atoms with Gasteiger partial charge >= 0.3 is 0 Å². The van der Waals surface area contributed by atoms with Gasteiger partial charge in [-0.15, -0.1) is 0 Å². The van der Waals surface area contributed by atoms with Crippen molar-refractivity contribution in [2.45, 2.75) is 32.4 Å². The maximum Gasteiger partial charge on any atom is 0.276 e. The average Bonchev–Trinajstić information content (AvgIpc) is 3.40. The number of nitrogens with one attached hydrogen (secondary N) is 2. The number of benzene rings is 2. The van der Waals surface area contributed by atoms with Crippen molar-refractivity contribution in [1.82, 2.24) is 25.1 Å². The zero-order valence-corrected chi connectivity index (χ0v) is 22.2. The van der Waals surface area contributed by atoms with Gasteiger partial charge in [-0.1, -0.05) is 23.8 Å². The lowest BCUT2D eigenvalue weighted by atomic mass is 10.0. The fourth-order valence-electron chi connectivity index (χ4n) is 4.87. The van der Waals surface area contributed by atoms with Crippen LogP contribution in [0.3, 0.4) is 0 Å². The number of anilines is 1. The molecule has 1 amide bonds. The van der Waals surface area contributed by atoms with Crippen molar-refractivity contribution in [3.63, 3.8) is 0 Å². The molecule has 0 saturated carbocycles. The molecule has 9 nitrogen and oxygen atoms in total. The first-order valence-electron chi connectivity index (χ1n) is 13.3. The normalized spacial score (nSPS) is 14.3. The van der Waals surface area contributed by atoms with E-state index in [0.717, 1.165) is 65.6 Å². The molecule has 202 valence electrons. The van der Waals surface area contributed by atoms with Crippen LogP contribution in [0.25, 0.3) is 22.0 Å². The summed E-state index contributed by atoms with van der Waals surface area (Å²) in [5.74, 6) is 0.794. The fourth-order valence-corrected chi connectivity index (χ4v) is 4.87. The molecule has 40 heavy (non-hydrogen) atoms. The highest BCUT2D eigenvalue weighted by molar-refractivity contribution is 6.11. The molecule has 3 aromatic heterocycles. The third-order valence-electron chi connectivity index (χ3n) is 7.11. The van der Waals surface area contributed by atoms with Crippen molar-refractivity contribution in [1.29, 1.82) is 0 Å². The number of likely N-dealkylation sites (tertiary alicyclic amines) is 1. The van der Waals surface area contributed by atoms with Crippen molar-refractivity contribution in [2.24, 2.45) is 0 Å². The Balaban J connectivity index is 1.16. The lowest BCUT2D eigenvalue weighted by Gasteiger charge is -2.29. The second-order valence-corrected chi connectivity index (χ2v) is 10.2. The first-order valence-corrected chi connectivity index (χ1v) is 13.3. The molecular formula is C31H30N6O3. The first-order chi connectivity index (χ1) is 19.5. The molecule has 0 aliphatic carbocycles. The van der Waals surface area contributed by atoms with Crippen LogP contribution in [0.15, 0.2) is 79.3 Å². The second-order valence-electron chi connectivity index (χ2n) is 10.2. The number of aliphatic hydroxyl groups excluding tert-OH is 1. The number of ether oxygens (including phenoxy) is 1. The molecule has 0 atom stereocenters. The van der Waals surface area contributed by atoms with Gasteiger partial charge in [0.25, 0.3) is 5.91 Å². The molecular weight excluding hydrogens is 504 g/mol. The van der Waals surface area contributed by atoms with Gasteiger partial charge in [0.1, 0.15) is 5.75 Å². The minimum Gasteiger partial charge on any atom is -0.439 e. The number of hydrogen-bond acceptors (Lipinski definition) is 7. The molecule has 2 aromatic carbocycles. The number of rotatable bonds is 7. The number of pyridine rings is 2. The largest absolute Gasteiger partial charge is 0.439 e. The number of fused-ring (bicyclic) bond motifs is 1. The molecule has 6 rings (SSSR count). The maximum atomic E-state index is 13.2. The molecule has 1 aliphatic heterocycles. The van der Waals surface area contributed by atoms with Crippen LogP contribution in [0, 0.1) is 6.92 Å². The number of piperidine rings is 1. The Morgan fingerprint density at radius 3 is 2.62 bits per heavy atom. The Bertz CT molecular complexity index is 1620. The molecule has 0 spiro atoms. The second kappa shape index (κ2) is 11.3. The summed E-state index contributed by atoms with van der Waals surface area (Å²) in [6.07, 6.45) is 6.68. The summed E-state index contributed by atoms with van der Waals surface area (Å²) < 4.78 is 5.77. The van der Waals surface area contributed by atoms with E-state index in [1.54, 1.807) is 18.3 Å². The third-order valence-corrected chi connectivity index (χ3v) is 7.11. The van der Waals surface area contributed by atoms with Crippen LogP contribution in [0.5, 0.6) is 11.6 Å². The van der Waals surface area contributed by atoms with Crippen LogP contribution in [-0.2, 0) is 6.54 Å². The van der Waals surface area contributed by atoms with E-state index in [9.17, 15) is 9.90 Å². The highest BCUT2D eigenvalue weighted by Gasteiger charge is 2.18. The van der Waals surface area contributed by atoms with E-state index in [2.05, 4.69) is 36.4 Å². The quantitative estimate of drug-likeness (QED) is 0.258. The Morgan fingerprint density at radius 1 is 1.02 bits per heavy atom. The number of carbonyl (C=O) groups is 1. The fraction of sp³-hybridized carbons (Fsp3) is 0.226. The number of hydrogen-bond donors (Lipinski definition) is 3. The van der Waals surface area contributed by atoms with Crippen molar-refractivity contribution in [3.05, 3.63) is 96.1 Å². The topological polar surface area (TPSA) is 116 Å². The molecule has 1 fully saturated rings. The van der Waals surface area contributed by atoms with Gasteiger partial charge in [-0.2, -0.15) is 5.10 Å². The van der Waals surface area contributed by atoms with E-state index in [1.807, 2.05) is 61.8 Å². The van der Waals surface area contributed by atoms with Gasteiger partial charge in [0.05, 0.1) is 23.5 Å². The third kappa shape index (κ3) is 5.85. The predicted molar refractivity (Wildman–Crippen MR) is 153 cm³/mol.